The Morgan fingerprint density at radius 1 is 1.39 bits per heavy atom. The lowest BCUT2D eigenvalue weighted by molar-refractivity contribution is 0.709. The number of nitrogens with zero attached hydrogens (tertiary/aromatic N) is 3. The maximum Gasteiger partial charge on any atom is 0.332 e. The number of H-pyrrole nitrogens is 1. The summed E-state index contributed by atoms with van der Waals surface area (Å²) in [6.45, 7) is 0.546. The number of fused-ring (bicyclic) bond motifs is 1. The summed E-state index contributed by atoms with van der Waals surface area (Å²) in [5.74, 6) is 2.92. The Kier molecular flexibility index (Phi) is 2.93. The predicted octanol–water partition coefficient (Wildman–Crippen LogP) is -0.604. The first-order valence-corrected chi connectivity index (χ1v) is 5.39. The van der Waals surface area contributed by atoms with Gasteiger partial charge in [0.2, 0.25) is 5.95 Å². The minimum atomic E-state index is -0.408. The zero-order valence-corrected chi connectivity index (χ0v) is 10.1. The summed E-state index contributed by atoms with van der Waals surface area (Å²) in [4.78, 5) is 30.6. The molecule has 7 nitrogen and oxygen atoms in total. The molecule has 0 aliphatic rings. The molecule has 0 aromatic carbocycles. The van der Waals surface area contributed by atoms with Gasteiger partial charge in [-0.15, -0.1) is 12.3 Å². The first-order valence-electron chi connectivity index (χ1n) is 5.39. The van der Waals surface area contributed by atoms with Crippen molar-refractivity contribution in [2.24, 2.45) is 14.1 Å². The molecule has 94 valence electrons. The number of terminal acetylenes is 1. The van der Waals surface area contributed by atoms with Gasteiger partial charge < -0.3 is 10.3 Å². The van der Waals surface area contributed by atoms with Gasteiger partial charge in [0, 0.05) is 27.1 Å². The van der Waals surface area contributed by atoms with Gasteiger partial charge >= 0.3 is 5.69 Å². The molecule has 7 heteroatoms. The molecular weight excluding hydrogens is 234 g/mol. The molecular formula is C11H13N5O2. The molecule has 0 spiro atoms. The Bertz CT molecular complexity index is 744. The van der Waals surface area contributed by atoms with Gasteiger partial charge in [0.25, 0.3) is 5.56 Å². The molecule has 0 saturated carbocycles. The lowest BCUT2D eigenvalue weighted by Crippen LogP contribution is -2.36. The number of rotatable bonds is 3. The van der Waals surface area contributed by atoms with Crippen molar-refractivity contribution in [3.05, 3.63) is 20.8 Å². The van der Waals surface area contributed by atoms with E-state index in [-0.39, 0.29) is 0 Å². The topological polar surface area (TPSA) is 84.7 Å². The van der Waals surface area contributed by atoms with E-state index in [2.05, 4.69) is 21.2 Å². The van der Waals surface area contributed by atoms with E-state index < -0.39 is 11.2 Å². The van der Waals surface area contributed by atoms with E-state index >= 15 is 0 Å². The Morgan fingerprint density at radius 3 is 2.78 bits per heavy atom. The second-order valence-corrected chi connectivity index (χ2v) is 3.87. The number of imidazole rings is 1. The summed E-state index contributed by atoms with van der Waals surface area (Å²) < 4.78 is 2.35. The van der Waals surface area contributed by atoms with Crippen molar-refractivity contribution in [1.29, 1.82) is 0 Å². The third-order valence-electron chi connectivity index (χ3n) is 2.66. The van der Waals surface area contributed by atoms with Crippen molar-refractivity contribution in [3.63, 3.8) is 0 Å². The Balaban J connectivity index is 2.55. The summed E-state index contributed by atoms with van der Waals surface area (Å²) in [6, 6.07) is 0. The maximum absolute atomic E-state index is 11.9. The van der Waals surface area contributed by atoms with Crippen molar-refractivity contribution >= 4 is 17.1 Å². The van der Waals surface area contributed by atoms with Gasteiger partial charge in [0.1, 0.15) is 0 Å². The van der Waals surface area contributed by atoms with Gasteiger partial charge in [0.05, 0.1) is 0 Å². The van der Waals surface area contributed by atoms with Crippen LogP contribution in [0, 0.1) is 12.3 Å². The number of aromatic nitrogens is 4. The van der Waals surface area contributed by atoms with Crippen LogP contribution < -0.4 is 16.6 Å². The van der Waals surface area contributed by atoms with Crippen molar-refractivity contribution in [1.82, 2.24) is 19.1 Å². The van der Waals surface area contributed by atoms with Gasteiger partial charge in [-0.3, -0.25) is 13.9 Å². The van der Waals surface area contributed by atoms with E-state index in [4.69, 9.17) is 6.42 Å². The Labute approximate surface area is 102 Å². The molecule has 0 fully saturated rings. The quantitative estimate of drug-likeness (QED) is 0.560. The highest BCUT2D eigenvalue weighted by atomic mass is 16.2. The lowest BCUT2D eigenvalue weighted by Gasteiger charge is -2.00. The second kappa shape index (κ2) is 4.41. The molecule has 0 unspecified atom stereocenters. The van der Waals surface area contributed by atoms with Crippen molar-refractivity contribution < 1.29 is 0 Å². The molecule has 2 rings (SSSR count). The average Bonchev–Trinajstić information content (AvgIpc) is 2.78. The zero-order chi connectivity index (χ0) is 13.3. The van der Waals surface area contributed by atoms with E-state index in [0.717, 1.165) is 4.57 Å². The second-order valence-electron chi connectivity index (χ2n) is 3.87. The fourth-order valence-electron chi connectivity index (χ4n) is 1.66. The number of anilines is 1. The molecule has 0 aliphatic carbocycles. The molecule has 0 radical (unpaired) electrons. The van der Waals surface area contributed by atoms with E-state index in [9.17, 15) is 9.59 Å². The minimum Gasteiger partial charge on any atom is -0.355 e. The van der Waals surface area contributed by atoms with Gasteiger partial charge in [-0.05, 0) is 0 Å². The smallest absolute Gasteiger partial charge is 0.332 e. The van der Waals surface area contributed by atoms with E-state index in [0.29, 0.717) is 30.1 Å². The molecule has 0 atom stereocenters. The van der Waals surface area contributed by atoms with E-state index in [1.165, 1.54) is 11.6 Å². The molecule has 2 heterocycles. The number of aryl methyl sites for hydroxylation is 1. The van der Waals surface area contributed by atoms with Crippen LogP contribution in [0.1, 0.15) is 6.42 Å². The Hall–Kier alpha value is -2.49. The first kappa shape index (κ1) is 12.0. The normalized spacial score (nSPS) is 10.5. The fourth-order valence-corrected chi connectivity index (χ4v) is 1.66. The van der Waals surface area contributed by atoms with E-state index in [1.54, 1.807) is 7.05 Å². The van der Waals surface area contributed by atoms with Crippen LogP contribution >= 0.6 is 0 Å². The highest BCUT2D eigenvalue weighted by Gasteiger charge is 2.12. The molecule has 0 saturated heterocycles. The zero-order valence-electron chi connectivity index (χ0n) is 10.1. The van der Waals surface area contributed by atoms with Crippen molar-refractivity contribution in [3.8, 4) is 12.3 Å². The molecule has 2 aromatic heterocycles. The summed E-state index contributed by atoms with van der Waals surface area (Å²) >= 11 is 0. The summed E-state index contributed by atoms with van der Waals surface area (Å²) in [5.41, 5.74) is -0.186. The van der Waals surface area contributed by atoms with Gasteiger partial charge in [0.15, 0.2) is 11.2 Å². The van der Waals surface area contributed by atoms with Gasteiger partial charge in [-0.2, -0.15) is 4.98 Å². The van der Waals surface area contributed by atoms with Crippen LogP contribution in [0.3, 0.4) is 0 Å². The molecule has 0 aliphatic heterocycles. The average molecular weight is 247 g/mol. The summed E-state index contributed by atoms with van der Waals surface area (Å²) in [5, 5.41) is 2.96. The third-order valence-corrected chi connectivity index (χ3v) is 2.66. The van der Waals surface area contributed by atoms with Crippen LogP contribution in [0.25, 0.3) is 11.2 Å². The summed E-state index contributed by atoms with van der Waals surface area (Å²) in [6.07, 6.45) is 5.69. The predicted molar refractivity (Wildman–Crippen MR) is 68.5 cm³/mol. The van der Waals surface area contributed by atoms with Crippen LogP contribution in [-0.2, 0) is 14.1 Å². The highest BCUT2D eigenvalue weighted by Crippen LogP contribution is 2.07. The van der Waals surface area contributed by atoms with Crippen LogP contribution in [-0.4, -0.2) is 25.6 Å². The van der Waals surface area contributed by atoms with Crippen LogP contribution in [0.5, 0.6) is 0 Å². The van der Waals surface area contributed by atoms with Crippen LogP contribution in [0.2, 0.25) is 0 Å². The van der Waals surface area contributed by atoms with Gasteiger partial charge in [-0.25, -0.2) is 4.79 Å². The Morgan fingerprint density at radius 2 is 2.11 bits per heavy atom. The maximum atomic E-state index is 11.9. The largest absolute Gasteiger partial charge is 0.355 e. The molecule has 0 amide bonds. The van der Waals surface area contributed by atoms with Crippen LogP contribution in [0.15, 0.2) is 9.59 Å². The first-order chi connectivity index (χ1) is 8.56. The SMILES string of the molecule is C#CCCNc1nc2c([nH]1)c(=O)n(C)c(=O)n2C. The standard InChI is InChI=1S/C11H13N5O2/c1-4-5-6-12-10-13-7-8(14-10)15(2)11(18)16(3)9(7)17/h1H,5-6H2,2-3H3,(H2,12,13,14). The monoisotopic (exact) mass is 247 g/mol. The lowest BCUT2D eigenvalue weighted by atomic mass is 10.4. The number of nitrogens with one attached hydrogen (secondary N) is 2. The van der Waals surface area contributed by atoms with Crippen molar-refractivity contribution in [2.45, 2.75) is 6.42 Å². The van der Waals surface area contributed by atoms with E-state index in [1.807, 2.05) is 0 Å². The molecule has 2 N–H and O–H groups in total. The highest BCUT2D eigenvalue weighted by molar-refractivity contribution is 5.72. The van der Waals surface area contributed by atoms with Crippen LogP contribution in [0.4, 0.5) is 5.95 Å². The molecule has 0 bridgehead atoms. The molecule has 18 heavy (non-hydrogen) atoms. The number of aromatic amines is 1. The van der Waals surface area contributed by atoms with Crippen molar-refractivity contribution in [2.75, 3.05) is 11.9 Å². The number of hydrogen-bond acceptors (Lipinski definition) is 4. The number of hydrogen-bond donors (Lipinski definition) is 2. The van der Waals surface area contributed by atoms with Gasteiger partial charge in [-0.1, -0.05) is 0 Å². The molecule has 2 aromatic rings. The minimum absolute atomic E-state index is 0.294. The summed E-state index contributed by atoms with van der Waals surface area (Å²) in [7, 11) is 2.99. The fraction of sp³-hybridized carbons (Fsp3) is 0.364. The third kappa shape index (κ3) is 1.78.